The summed E-state index contributed by atoms with van der Waals surface area (Å²) < 4.78 is 26.8. The Bertz CT molecular complexity index is 1820. The maximum Gasteiger partial charge on any atom is 0.230 e. The number of unbranched alkanes of at least 4 members (excludes halogenated alkanes) is 2. The first-order chi connectivity index (χ1) is 28.0. The van der Waals surface area contributed by atoms with Gasteiger partial charge in [-0.05, 0) is 98.9 Å². The highest BCUT2D eigenvalue weighted by atomic mass is 32.2. The first-order valence-corrected chi connectivity index (χ1v) is 21.9. The number of allylic oxidation sites excluding steroid dienone is 1. The Labute approximate surface area is 341 Å². The molecule has 0 bridgehead atoms. The highest BCUT2D eigenvalue weighted by molar-refractivity contribution is 8.00. The highest BCUT2D eigenvalue weighted by Crippen LogP contribution is 2.62. The standard InChI is InChI=1S/C45H58N4O7S/c1-3-23-54-45-41(57-25-18-33-29-46-19-20-47-33)28-39(49-56-42-15-6-9-24-52-42)37-26-32(12-4-7-21-50)36(14-5-8-22-51)43(44(37)45)38-27-35(16-17-40(38)55-45)53-30-34-13-10-11-31(2)48-34/h3,10-11,13,16-17,19-20,26-27,29,32,36,41-44,50-51H,1,4-9,12,14-15,18,21-25,28,30H2,2H3. The molecule has 3 aromatic rings. The van der Waals surface area contributed by atoms with Crippen LogP contribution < -0.4 is 9.47 Å². The molecule has 2 aliphatic heterocycles. The minimum Gasteiger partial charge on any atom is -0.487 e. The first-order valence-electron chi connectivity index (χ1n) is 20.8. The number of hydrogen-bond donors (Lipinski definition) is 2. The van der Waals surface area contributed by atoms with E-state index in [1.165, 1.54) is 0 Å². The molecule has 0 amide bonds. The topological polar surface area (TPSA) is 138 Å². The zero-order valence-corrected chi connectivity index (χ0v) is 34.0. The van der Waals surface area contributed by atoms with Crippen molar-refractivity contribution < 1.29 is 34.0 Å². The SMILES string of the molecule is C=CCOC12Oc3ccc(OCc4cccc(C)n4)cc3C3C(CCCCO)C(CCCCO)C=C(C(=NOC4CCCCO4)CC1SCCc1cnccn1)C32. The van der Waals surface area contributed by atoms with E-state index in [0.717, 1.165) is 115 Å². The number of aromatic nitrogens is 3. The van der Waals surface area contributed by atoms with Gasteiger partial charge in [0.2, 0.25) is 12.1 Å². The van der Waals surface area contributed by atoms with Gasteiger partial charge in [-0.2, -0.15) is 11.8 Å². The lowest BCUT2D eigenvalue weighted by molar-refractivity contribution is -0.223. The molecule has 57 heavy (non-hydrogen) atoms. The van der Waals surface area contributed by atoms with E-state index >= 15 is 0 Å². The summed E-state index contributed by atoms with van der Waals surface area (Å²) in [6, 6.07) is 12.2. The van der Waals surface area contributed by atoms with E-state index in [2.05, 4.69) is 33.7 Å². The Morgan fingerprint density at radius 3 is 2.70 bits per heavy atom. The van der Waals surface area contributed by atoms with Crippen molar-refractivity contribution in [1.29, 1.82) is 0 Å². The molecule has 2 aromatic heterocycles. The van der Waals surface area contributed by atoms with E-state index in [1.54, 1.807) is 18.5 Å². The number of rotatable bonds is 20. The zero-order valence-electron chi connectivity index (χ0n) is 33.2. The fourth-order valence-electron chi connectivity index (χ4n) is 9.08. The predicted octanol–water partition coefficient (Wildman–Crippen LogP) is 7.90. The maximum atomic E-state index is 9.94. The Kier molecular flexibility index (Phi) is 14.7. The second-order valence-electron chi connectivity index (χ2n) is 15.5. The molecule has 306 valence electrons. The molecule has 2 N–H and O–H groups in total. The van der Waals surface area contributed by atoms with Gasteiger partial charge in [-0.15, -0.1) is 6.58 Å². The average molecular weight is 799 g/mol. The zero-order chi connectivity index (χ0) is 39.5. The van der Waals surface area contributed by atoms with Gasteiger partial charge in [-0.1, -0.05) is 36.2 Å². The Morgan fingerprint density at radius 1 is 1.05 bits per heavy atom. The van der Waals surface area contributed by atoms with Crippen LogP contribution in [0.4, 0.5) is 0 Å². The number of fused-ring (bicyclic) bond motifs is 2. The van der Waals surface area contributed by atoms with Gasteiger partial charge in [-0.25, -0.2) is 0 Å². The van der Waals surface area contributed by atoms with E-state index in [9.17, 15) is 10.2 Å². The number of thioether (sulfide) groups is 1. The number of benzene rings is 1. The summed E-state index contributed by atoms with van der Waals surface area (Å²) in [7, 11) is 0. The lowest BCUT2D eigenvalue weighted by atomic mass is 9.56. The molecule has 0 spiro atoms. The minimum absolute atomic E-state index is 0.0310. The van der Waals surface area contributed by atoms with Crippen molar-refractivity contribution in [2.24, 2.45) is 22.9 Å². The van der Waals surface area contributed by atoms with Crippen molar-refractivity contribution in [1.82, 2.24) is 15.0 Å². The number of nitrogens with zero attached hydrogens (tertiary/aromatic N) is 4. The maximum absolute atomic E-state index is 9.94. The molecular weight excluding hydrogens is 741 g/mol. The van der Waals surface area contributed by atoms with Gasteiger partial charge in [0.1, 0.15) is 18.1 Å². The molecule has 0 radical (unpaired) electrons. The van der Waals surface area contributed by atoms with Crippen molar-refractivity contribution in [3.8, 4) is 11.5 Å². The van der Waals surface area contributed by atoms with Crippen molar-refractivity contribution in [2.45, 2.75) is 107 Å². The summed E-state index contributed by atoms with van der Waals surface area (Å²) in [6.45, 7) is 7.67. The molecule has 1 aromatic carbocycles. The van der Waals surface area contributed by atoms with E-state index in [0.29, 0.717) is 26.2 Å². The Morgan fingerprint density at radius 2 is 1.93 bits per heavy atom. The number of ether oxygens (including phenoxy) is 4. The monoisotopic (exact) mass is 798 g/mol. The predicted molar refractivity (Wildman–Crippen MR) is 221 cm³/mol. The Balaban J connectivity index is 1.34. The summed E-state index contributed by atoms with van der Waals surface area (Å²) in [6.07, 6.45) is 18.4. The number of oxime groups is 1. The lowest BCUT2D eigenvalue weighted by Crippen LogP contribution is -2.64. The van der Waals surface area contributed by atoms with Crippen LogP contribution >= 0.6 is 11.8 Å². The van der Waals surface area contributed by atoms with Crippen molar-refractivity contribution in [2.75, 3.05) is 32.2 Å². The van der Waals surface area contributed by atoms with Gasteiger partial charge >= 0.3 is 0 Å². The van der Waals surface area contributed by atoms with Crippen molar-refractivity contribution in [3.05, 3.63) is 102 Å². The molecule has 7 unspecified atom stereocenters. The van der Waals surface area contributed by atoms with Crippen LogP contribution in [0.5, 0.6) is 11.5 Å². The van der Waals surface area contributed by atoms with Crippen LogP contribution in [0.1, 0.15) is 92.8 Å². The van der Waals surface area contributed by atoms with Gasteiger partial charge < -0.3 is 34.0 Å². The number of aryl methyl sites for hydroxylation is 2. The van der Waals surface area contributed by atoms with Crippen LogP contribution in [0.2, 0.25) is 0 Å². The van der Waals surface area contributed by atoms with Gasteiger partial charge in [-0.3, -0.25) is 15.0 Å². The molecule has 12 heteroatoms. The molecule has 1 saturated heterocycles. The van der Waals surface area contributed by atoms with Gasteiger partial charge in [0.25, 0.3) is 0 Å². The van der Waals surface area contributed by atoms with E-state index < -0.39 is 5.79 Å². The normalized spacial score (nSPS) is 27.1. The van der Waals surface area contributed by atoms with Crippen LogP contribution in [0, 0.1) is 24.7 Å². The lowest BCUT2D eigenvalue weighted by Gasteiger charge is -2.58. The Hall–Kier alpha value is -3.81. The number of hydrogen-bond acceptors (Lipinski definition) is 12. The van der Waals surface area contributed by atoms with Crippen LogP contribution in [0.25, 0.3) is 0 Å². The third kappa shape index (κ3) is 9.91. The van der Waals surface area contributed by atoms with E-state index in [-0.39, 0.29) is 48.4 Å². The summed E-state index contributed by atoms with van der Waals surface area (Å²) in [5, 5.41) is 24.6. The van der Waals surface area contributed by atoms with Gasteiger partial charge in [0.05, 0.1) is 41.5 Å². The molecule has 1 saturated carbocycles. The third-order valence-corrected chi connectivity index (χ3v) is 13.0. The fraction of sp³-hybridized carbons (Fsp3) is 0.556. The summed E-state index contributed by atoms with van der Waals surface area (Å²) in [5.41, 5.74) is 5.83. The molecule has 4 aliphatic rings. The smallest absolute Gasteiger partial charge is 0.230 e. The molecule has 11 nitrogen and oxygen atoms in total. The van der Waals surface area contributed by atoms with Gasteiger partial charge in [0, 0.05) is 68.2 Å². The van der Waals surface area contributed by atoms with Crippen LogP contribution in [-0.4, -0.2) is 80.4 Å². The molecule has 7 atom stereocenters. The van der Waals surface area contributed by atoms with Crippen LogP contribution in [0.15, 0.2) is 84.4 Å². The third-order valence-electron chi connectivity index (χ3n) is 11.7. The van der Waals surface area contributed by atoms with E-state index in [1.807, 2.05) is 55.2 Å². The second-order valence-corrected chi connectivity index (χ2v) is 16.8. The largest absolute Gasteiger partial charge is 0.487 e. The summed E-state index contributed by atoms with van der Waals surface area (Å²) in [5.74, 6) is 1.38. The van der Waals surface area contributed by atoms with E-state index in [4.69, 9.17) is 28.9 Å². The number of pyridine rings is 1. The molecular formula is C45H58N4O7S. The second kappa shape index (κ2) is 20.2. The van der Waals surface area contributed by atoms with Crippen LogP contribution in [0.3, 0.4) is 0 Å². The molecule has 7 rings (SSSR count). The van der Waals surface area contributed by atoms with Crippen molar-refractivity contribution in [3.63, 3.8) is 0 Å². The van der Waals surface area contributed by atoms with Crippen LogP contribution in [-0.2, 0) is 27.3 Å². The fourth-order valence-corrected chi connectivity index (χ4v) is 10.5. The summed E-state index contributed by atoms with van der Waals surface area (Å²) in [4.78, 5) is 19.8. The minimum atomic E-state index is -1.05. The molecule has 2 fully saturated rings. The molecule has 2 aliphatic carbocycles. The average Bonchev–Trinajstić information content (AvgIpc) is 3.24. The van der Waals surface area contributed by atoms with Crippen molar-refractivity contribution >= 4 is 17.5 Å². The summed E-state index contributed by atoms with van der Waals surface area (Å²) >= 11 is 1.82. The first kappa shape index (κ1) is 41.4. The quantitative estimate of drug-likeness (QED) is 0.0656. The highest BCUT2D eigenvalue weighted by Gasteiger charge is 2.64. The molecule has 4 heterocycles. The van der Waals surface area contributed by atoms with Gasteiger partial charge in [0.15, 0.2) is 0 Å². The number of aliphatic hydroxyl groups excluding tert-OH is 2. The number of aliphatic hydroxyl groups is 2.